The molecule has 0 saturated heterocycles. The topological polar surface area (TPSA) is 58.6 Å². The van der Waals surface area contributed by atoms with Crippen molar-refractivity contribution in [3.8, 4) is 0 Å². The van der Waals surface area contributed by atoms with Crippen LogP contribution in [0.5, 0.6) is 0 Å². The van der Waals surface area contributed by atoms with E-state index in [1.807, 2.05) is 45.0 Å². The summed E-state index contributed by atoms with van der Waals surface area (Å²) in [5, 5.41) is 3.04. The van der Waals surface area contributed by atoms with Crippen LogP contribution in [0.4, 0.5) is 0 Å². The van der Waals surface area contributed by atoms with Crippen molar-refractivity contribution in [3.63, 3.8) is 0 Å². The normalized spacial score (nSPS) is 20.5. The molecule has 0 unspecified atom stereocenters. The predicted octanol–water partition coefficient (Wildman–Crippen LogP) is 2.03. The fraction of sp³-hybridized carbons (Fsp3) is 0.579. The molecule has 0 bridgehead atoms. The third-order valence-electron chi connectivity index (χ3n) is 4.42. The number of benzene rings is 1. The van der Waals surface area contributed by atoms with Gasteiger partial charge in [0, 0.05) is 19.0 Å². The number of rotatable bonds is 4. The van der Waals surface area contributed by atoms with Crippen LogP contribution >= 0.6 is 0 Å². The van der Waals surface area contributed by atoms with Gasteiger partial charge in [-0.2, -0.15) is 0 Å². The Hall–Kier alpha value is -1.88. The van der Waals surface area contributed by atoms with Crippen molar-refractivity contribution >= 4 is 11.8 Å². The van der Waals surface area contributed by atoms with Crippen molar-refractivity contribution in [2.45, 2.75) is 64.3 Å². The summed E-state index contributed by atoms with van der Waals surface area (Å²) < 4.78 is 5.63. The van der Waals surface area contributed by atoms with Gasteiger partial charge in [0.1, 0.15) is 12.6 Å². The Balaban J connectivity index is 1.76. The molecule has 1 saturated carbocycles. The highest BCUT2D eigenvalue weighted by atomic mass is 16.5. The molecule has 5 heteroatoms. The summed E-state index contributed by atoms with van der Waals surface area (Å²) in [6.07, 6.45) is 2.64. The average Bonchev–Trinajstić information content (AvgIpc) is 3.34. The fourth-order valence-electron chi connectivity index (χ4n) is 2.91. The summed E-state index contributed by atoms with van der Waals surface area (Å²) in [4.78, 5) is 27.0. The highest BCUT2D eigenvalue weighted by Gasteiger charge is 2.36. The lowest BCUT2D eigenvalue weighted by atomic mass is 9.93. The Morgan fingerprint density at radius 3 is 2.50 bits per heavy atom. The minimum Gasteiger partial charge on any atom is -0.366 e. The molecular weight excluding hydrogens is 304 g/mol. The molecule has 24 heavy (non-hydrogen) atoms. The van der Waals surface area contributed by atoms with Gasteiger partial charge in [0.05, 0.1) is 5.60 Å². The van der Waals surface area contributed by atoms with Crippen molar-refractivity contribution in [2.24, 2.45) is 0 Å². The number of amides is 2. The molecular formula is C19H26N2O3. The molecule has 3 rings (SSSR count). The average molecular weight is 330 g/mol. The van der Waals surface area contributed by atoms with Gasteiger partial charge in [0.2, 0.25) is 11.8 Å². The zero-order valence-corrected chi connectivity index (χ0v) is 14.7. The number of ether oxygens (including phenoxy) is 1. The molecule has 5 nitrogen and oxygen atoms in total. The van der Waals surface area contributed by atoms with Crippen LogP contribution in [0.3, 0.4) is 0 Å². The second-order valence-corrected chi connectivity index (χ2v) is 7.69. The number of nitrogens with one attached hydrogen (secondary N) is 1. The van der Waals surface area contributed by atoms with E-state index in [9.17, 15) is 9.59 Å². The van der Waals surface area contributed by atoms with Gasteiger partial charge >= 0.3 is 0 Å². The van der Waals surface area contributed by atoms with E-state index in [4.69, 9.17) is 4.74 Å². The molecule has 1 heterocycles. The van der Waals surface area contributed by atoms with Crippen LogP contribution in [0.2, 0.25) is 0 Å². The Labute approximate surface area is 143 Å². The monoisotopic (exact) mass is 330 g/mol. The standard InChI is InChI=1S/C19H26N2O3/c1-19(2,3)24-12-17(22)21-11-14-7-5-4-6-13(14)10-16(21)18(23)20-15-8-9-15/h4-7,15-16H,8-12H2,1-3H3,(H,20,23)/t16-/m1/s1. The molecule has 1 aliphatic carbocycles. The van der Waals surface area contributed by atoms with Gasteiger partial charge in [-0.15, -0.1) is 0 Å². The van der Waals surface area contributed by atoms with Crippen LogP contribution in [-0.2, 0) is 27.3 Å². The summed E-state index contributed by atoms with van der Waals surface area (Å²) in [5.41, 5.74) is 1.88. The first-order chi connectivity index (χ1) is 11.3. The lowest BCUT2D eigenvalue weighted by Crippen LogP contribution is -2.54. The minimum absolute atomic E-state index is 0.00112. The van der Waals surface area contributed by atoms with E-state index in [0.29, 0.717) is 13.0 Å². The van der Waals surface area contributed by atoms with E-state index in [1.165, 1.54) is 0 Å². The Morgan fingerprint density at radius 1 is 1.21 bits per heavy atom. The largest absolute Gasteiger partial charge is 0.366 e. The van der Waals surface area contributed by atoms with Crippen molar-refractivity contribution in [1.82, 2.24) is 10.2 Å². The predicted molar refractivity (Wildman–Crippen MR) is 91.4 cm³/mol. The van der Waals surface area contributed by atoms with Crippen LogP contribution < -0.4 is 5.32 Å². The van der Waals surface area contributed by atoms with Gasteiger partial charge in [-0.25, -0.2) is 0 Å². The maximum Gasteiger partial charge on any atom is 0.249 e. The quantitative estimate of drug-likeness (QED) is 0.919. The Morgan fingerprint density at radius 2 is 1.88 bits per heavy atom. The highest BCUT2D eigenvalue weighted by molar-refractivity contribution is 5.89. The maximum atomic E-state index is 12.7. The van der Waals surface area contributed by atoms with Gasteiger partial charge in [0.15, 0.2) is 0 Å². The van der Waals surface area contributed by atoms with E-state index in [0.717, 1.165) is 24.0 Å². The summed E-state index contributed by atoms with van der Waals surface area (Å²) >= 11 is 0. The van der Waals surface area contributed by atoms with Crippen LogP contribution in [0, 0.1) is 0 Å². The summed E-state index contributed by atoms with van der Waals surface area (Å²) in [7, 11) is 0. The fourth-order valence-corrected chi connectivity index (χ4v) is 2.91. The number of hydrogen-bond acceptors (Lipinski definition) is 3. The second kappa shape index (κ2) is 6.55. The van der Waals surface area contributed by atoms with Crippen molar-refractivity contribution in [3.05, 3.63) is 35.4 Å². The van der Waals surface area contributed by atoms with Crippen molar-refractivity contribution in [2.75, 3.05) is 6.61 Å². The number of carbonyl (C=O) groups excluding carboxylic acids is 2. The SMILES string of the molecule is CC(C)(C)OCC(=O)N1Cc2ccccc2C[C@@H]1C(=O)NC1CC1. The van der Waals surface area contributed by atoms with E-state index in [-0.39, 0.29) is 30.1 Å². The highest BCUT2D eigenvalue weighted by Crippen LogP contribution is 2.25. The molecule has 2 aliphatic rings. The van der Waals surface area contributed by atoms with Crippen LogP contribution in [-0.4, -0.2) is 41.0 Å². The molecule has 1 aromatic carbocycles. The molecule has 1 aromatic rings. The summed E-state index contributed by atoms with van der Waals surface area (Å²) in [6, 6.07) is 7.86. The number of hydrogen-bond donors (Lipinski definition) is 1. The van der Waals surface area contributed by atoms with E-state index >= 15 is 0 Å². The Kier molecular flexibility index (Phi) is 4.63. The third-order valence-corrected chi connectivity index (χ3v) is 4.42. The molecule has 130 valence electrons. The van der Waals surface area contributed by atoms with E-state index in [2.05, 4.69) is 5.32 Å². The maximum absolute atomic E-state index is 12.7. The number of carbonyl (C=O) groups is 2. The van der Waals surface area contributed by atoms with Gasteiger partial charge in [-0.3, -0.25) is 9.59 Å². The minimum atomic E-state index is -0.448. The van der Waals surface area contributed by atoms with Gasteiger partial charge in [-0.1, -0.05) is 24.3 Å². The second-order valence-electron chi connectivity index (χ2n) is 7.69. The molecule has 2 amide bonds. The summed E-state index contributed by atoms with van der Waals surface area (Å²) in [5.74, 6) is -0.175. The molecule has 1 N–H and O–H groups in total. The first kappa shape index (κ1) is 17.0. The Bertz CT molecular complexity index is 632. The molecule has 0 radical (unpaired) electrons. The van der Waals surface area contributed by atoms with Crippen LogP contribution in [0.1, 0.15) is 44.7 Å². The van der Waals surface area contributed by atoms with E-state index in [1.54, 1.807) is 4.90 Å². The zero-order chi connectivity index (χ0) is 17.3. The van der Waals surface area contributed by atoms with Crippen LogP contribution in [0.25, 0.3) is 0 Å². The van der Waals surface area contributed by atoms with Gasteiger partial charge in [-0.05, 0) is 44.7 Å². The molecule has 1 aliphatic heterocycles. The molecule has 1 atom stereocenters. The molecule has 0 spiro atoms. The smallest absolute Gasteiger partial charge is 0.249 e. The van der Waals surface area contributed by atoms with Gasteiger partial charge in [0.25, 0.3) is 0 Å². The summed E-state index contributed by atoms with van der Waals surface area (Å²) in [6.45, 7) is 6.22. The number of nitrogens with zero attached hydrogens (tertiary/aromatic N) is 1. The van der Waals surface area contributed by atoms with Gasteiger partial charge < -0.3 is 15.0 Å². The lowest BCUT2D eigenvalue weighted by Gasteiger charge is -2.36. The lowest BCUT2D eigenvalue weighted by molar-refractivity contribution is -0.149. The van der Waals surface area contributed by atoms with Crippen LogP contribution in [0.15, 0.2) is 24.3 Å². The zero-order valence-electron chi connectivity index (χ0n) is 14.7. The first-order valence-corrected chi connectivity index (χ1v) is 8.64. The van der Waals surface area contributed by atoms with Crippen molar-refractivity contribution < 1.29 is 14.3 Å². The van der Waals surface area contributed by atoms with E-state index < -0.39 is 6.04 Å². The third kappa shape index (κ3) is 4.15. The molecule has 0 aromatic heterocycles. The van der Waals surface area contributed by atoms with Crippen molar-refractivity contribution in [1.29, 1.82) is 0 Å². The number of fused-ring (bicyclic) bond motifs is 1. The first-order valence-electron chi connectivity index (χ1n) is 8.64. The molecule has 1 fully saturated rings.